The van der Waals surface area contributed by atoms with Crippen LogP contribution in [0.1, 0.15) is 24.2 Å². The van der Waals surface area contributed by atoms with Gasteiger partial charge in [-0.15, -0.1) is 11.3 Å². The summed E-state index contributed by atoms with van der Waals surface area (Å²) < 4.78 is 5.88. The molecule has 0 saturated heterocycles. The third-order valence-corrected chi connectivity index (χ3v) is 5.97. The third-order valence-electron chi connectivity index (χ3n) is 4.51. The van der Waals surface area contributed by atoms with Crippen LogP contribution in [0, 0.1) is 0 Å². The van der Waals surface area contributed by atoms with Crippen LogP contribution in [0.5, 0.6) is 0 Å². The van der Waals surface area contributed by atoms with Crippen LogP contribution >= 0.6 is 22.9 Å². The highest BCUT2D eigenvalue weighted by Gasteiger charge is 2.23. The molecular weight excluding hydrogens is 420 g/mol. The van der Waals surface area contributed by atoms with Crippen LogP contribution in [0.4, 0.5) is 5.82 Å². The van der Waals surface area contributed by atoms with Gasteiger partial charge in [0.15, 0.2) is 0 Å². The molecule has 0 radical (unpaired) electrons. The van der Waals surface area contributed by atoms with Gasteiger partial charge in [-0.2, -0.15) is 0 Å². The maximum atomic E-state index is 11.4. The van der Waals surface area contributed by atoms with Crippen LogP contribution in [-0.4, -0.2) is 28.0 Å². The van der Waals surface area contributed by atoms with Gasteiger partial charge in [-0.3, -0.25) is 4.79 Å². The molecule has 152 valence electrons. The number of thiophene rings is 1. The lowest BCUT2D eigenvalue weighted by molar-refractivity contribution is -0.114. The molecule has 1 amide bonds. The Labute approximate surface area is 182 Å². The number of imidazole rings is 1. The zero-order chi connectivity index (χ0) is 21.1. The summed E-state index contributed by atoms with van der Waals surface area (Å²) in [5.41, 5.74) is 2.93. The number of hydrogen-bond donors (Lipinski definition) is 2. The van der Waals surface area contributed by atoms with Crippen molar-refractivity contribution in [3.05, 3.63) is 77.2 Å². The Hall–Kier alpha value is -3.00. The summed E-state index contributed by atoms with van der Waals surface area (Å²) in [6, 6.07) is 13.5. The van der Waals surface area contributed by atoms with Gasteiger partial charge in [0.2, 0.25) is 5.91 Å². The lowest BCUT2D eigenvalue weighted by Crippen LogP contribution is -2.07. The van der Waals surface area contributed by atoms with Crippen molar-refractivity contribution in [2.24, 2.45) is 0 Å². The highest BCUT2D eigenvalue weighted by molar-refractivity contribution is 7.19. The fraction of sp³-hybridized carbons (Fsp3) is 0.136. The molecule has 0 aliphatic heterocycles. The molecule has 1 aromatic carbocycles. The third kappa shape index (κ3) is 4.28. The first-order chi connectivity index (χ1) is 14.5. The van der Waals surface area contributed by atoms with E-state index in [0.29, 0.717) is 10.8 Å². The number of amides is 1. The number of nitrogens with zero attached hydrogens (tertiary/aromatic N) is 2. The molecule has 2 N–H and O–H groups in total. The summed E-state index contributed by atoms with van der Waals surface area (Å²) in [4.78, 5) is 25.2. The number of halogens is 1. The van der Waals surface area contributed by atoms with Crippen molar-refractivity contribution in [2.75, 3.05) is 12.4 Å². The van der Waals surface area contributed by atoms with Gasteiger partial charge >= 0.3 is 0 Å². The Bertz CT molecular complexity index is 1160. The van der Waals surface area contributed by atoms with Gasteiger partial charge in [-0.05, 0) is 41.5 Å². The van der Waals surface area contributed by atoms with Gasteiger partial charge in [0.25, 0.3) is 0 Å². The van der Waals surface area contributed by atoms with Crippen molar-refractivity contribution < 1.29 is 9.53 Å². The van der Waals surface area contributed by atoms with Gasteiger partial charge in [0.1, 0.15) is 17.7 Å². The number of methoxy groups -OCH3 is 1. The first-order valence-corrected chi connectivity index (χ1v) is 10.4. The number of aromatic amines is 1. The number of hydrogen-bond acceptors (Lipinski definition) is 5. The van der Waals surface area contributed by atoms with Crippen LogP contribution in [0.2, 0.25) is 5.02 Å². The van der Waals surface area contributed by atoms with Gasteiger partial charge < -0.3 is 15.0 Å². The molecule has 0 fully saturated rings. The van der Waals surface area contributed by atoms with Crippen molar-refractivity contribution in [1.29, 1.82) is 0 Å². The number of carbonyl (C=O) groups excluding carboxylic acids is 1. The molecule has 3 aromatic heterocycles. The number of pyridine rings is 1. The lowest BCUT2D eigenvalue weighted by atomic mass is 10.0. The second kappa shape index (κ2) is 8.79. The van der Waals surface area contributed by atoms with Crippen LogP contribution in [0.3, 0.4) is 0 Å². The minimum atomic E-state index is -0.288. The number of H-pyrrole nitrogens is 1. The van der Waals surface area contributed by atoms with Gasteiger partial charge in [-0.25, -0.2) is 9.97 Å². The molecule has 8 heteroatoms. The van der Waals surface area contributed by atoms with Crippen molar-refractivity contribution >= 4 is 34.7 Å². The average molecular weight is 439 g/mol. The van der Waals surface area contributed by atoms with E-state index in [1.54, 1.807) is 37.0 Å². The van der Waals surface area contributed by atoms with Crippen molar-refractivity contribution in [3.63, 3.8) is 0 Å². The molecule has 0 aliphatic carbocycles. The fourth-order valence-corrected chi connectivity index (χ4v) is 4.50. The minimum Gasteiger partial charge on any atom is -0.372 e. The Morgan fingerprint density at radius 3 is 2.63 bits per heavy atom. The Balaban J connectivity index is 1.81. The molecular formula is C22H19ClN4O2S. The number of benzene rings is 1. The maximum Gasteiger partial charge on any atom is 0.222 e. The van der Waals surface area contributed by atoms with E-state index in [1.807, 2.05) is 36.4 Å². The molecule has 0 spiro atoms. The molecule has 1 unspecified atom stereocenters. The standard InChI is InChI=1S/C22H19ClN4O2S/c1-13(28)27-19-11-15(7-8-24-19)18-12-17(21(30-18)22-25-9-10-26-22)20(29-2)14-3-5-16(23)6-4-14/h3-12,20H,1-2H3,(H,25,26)(H,24,27,28). The summed E-state index contributed by atoms with van der Waals surface area (Å²) in [5, 5.41) is 3.40. The van der Waals surface area contributed by atoms with E-state index in [2.05, 4.69) is 26.3 Å². The lowest BCUT2D eigenvalue weighted by Gasteiger charge is -2.16. The molecule has 0 aliphatic rings. The Kier molecular flexibility index (Phi) is 5.94. The van der Waals surface area contributed by atoms with E-state index in [4.69, 9.17) is 16.3 Å². The normalized spacial score (nSPS) is 12.0. The van der Waals surface area contributed by atoms with E-state index in [0.717, 1.165) is 32.3 Å². The molecule has 30 heavy (non-hydrogen) atoms. The Morgan fingerprint density at radius 1 is 1.17 bits per heavy atom. The predicted molar refractivity (Wildman–Crippen MR) is 120 cm³/mol. The second-order valence-corrected chi connectivity index (χ2v) is 8.10. The monoisotopic (exact) mass is 438 g/mol. The summed E-state index contributed by atoms with van der Waals surface area (Å²) in [6.45, 7) is 1.46. The van der Waals surface area contributed by atoms with Crippen molar-refractivity contribution in [3.8, 4) is 21.1 Å². The highest BCUT2D eigenvalue weighted by atomic mass is 35.5. The summed E-state index contributed by atoms with van der Waals surface area (Å²) in [7, 11) is 1.68. The van der Waals surface area contributed by atoms with Crippen molar-refractivity contribution in [2.45, 2.75) is 13.0 Å². The van der Waals surface area contributed by atoms with Gasteiger partial charge in [-0.1, -0.05) is 23.7 Å². The first-order valence-electron chi connectivity index (χ1n) is 9.21. The van der Waals surface area contributed by atoms with E-state index in [9.17, 15) is 4.79 Å². The van der Waals surface area contributed by atoms with E-state index in [-0.39, 0.29) is 12.0 Å². The van der Waals surface area contributed by atoms with Crippen LogP contribution < -0.4 is 5.32 Å². The molecule has 6 nitrogen and oxygen atoms in total. The number of ether oxygens (including phenoxy) is 1. The molecule has 0 bridgehead atoms. The molecule has 3 heterocycles. The quantitative estimate of drug-likeness (QED) is 0.413. The summed E-state index contributed by atoms with van der Waals surface area (Å²) >= 11 is 7.66. The number of anilines is 1. The zero-order valence-corrected chi connectivity index (χ0v) is 17.9. The van der Waals surface area contributed by atoms with Crippen molar-refractivity contribution in [1.82, 2.24) is 15.0 Å². The highest BCUT2D eigenvalue weighted by Crippen LogP contribution is 2.42. The second-order valence-electron chi connectivity index (χ2n) is 6.61. The van der Waals surface area contributed by atoms with Crippen LogP contribution in [-0.2, 0) is 9.53 Å². The maximum absolute atomic E-state index is 11.4. The molecule has 4 aromatic rings. The van der Waals surface area contributed by atoms with Crippen LogP contribution in [0.25, 0.3) is 21.1 Å². The average Bonchev–Trinajstić information content (AvgIpc) is 3.40. The topological polar surface area (TPSA) is 79.9 Å². The minimum absolute atomic E-state index is 0.162. The molecule has 0 saturated carbocycles. The smallest absolute Gasteiger partial charge is 0.222 e. The van der Waals surface area contributed by atoms with E-state index >= 15 is 0 Å². The number of carbonyl (C=O) groups is 1. The zero-order valence-electron chi connectivity index (χ0n) is 16.3. The van der Waals surface area contributed by atoms with Crippen LogP contribution in [0.15, 0.2) is 61.1 Å². The number of nitrogens with one attached hydrogen (secondary N) is 2. The SMILES string of the molecule is COC(c1ccc(Cl)cc1)c1cc(-c2ccnc(NC(C)=O)c2)sc1-c1ncc[nH]1. The number of aromatic nitrogens is 3. The molecule has 4 rings (SSSR count). The first kappa shape index (κ1) is 20.3. The van der Waals surface area contributed by atoms with E-state index < -0.39 is 0 Å². The summed E-state index contributed by atoms with van der Waals surface area (Å²) in [6.07, 6.45) is 4.91. The largest absolute Gasteiger partial charge is 0.372 e. The number of rotatable bonds is 6. The van der Waals surface area contributed by atoms with Gasteiger partial charge in [0, 0.05) is 48.1 Å². The van der Waals surface area contributed by atoms with E-state index in [1.165, 1.54) is 6.92 Å². The predicted octanol–water partition coefficient (Wildman–Crippen LogP) is 5.55. The summed E-state index contributed by atoms with van der Waals surface area (Å²) in [5.74, 6) is 1.12. The van der Waals surface area contributed by atoms with Gasteiger partial charge in [0.05, 0.1) is 4.88 Å². The molecule has 1 atom stereocenters. The fourth-order valence-electron chi connectivity index (χ4n) is 3.23. The Morgan fingerprint density at radius 2 is 1.97 bits per heavy atom.